The molecule has 0 bridgehead atoms. The number of aliphatic hydroxyl groups excluding tert-OH is 1. The minimum absolute atomic E-state index is 0.367. The lowest BCUT2D eigenvalue weighted by Gasteiger charge is -2.39. The zero-order chi connectivity index (χ0) is 17.3. The minimum Gasteiger partial charge on any atom is -0.444 e. The van der Waals surface area contributed by atoms with Crippen LogP contribution in [0.3, 0.4) is 0 Å². The van der Waals surface area contributed by atoms with Crippen LogP contribution in [-0.4, -0.2) is 28.7 Å². The van der Waals surface area contributed by atoms with E-state index in [-0.39, 0.29) is 0 Å². The van der Waals surface area contributed by atoms with Crippen LogP contribution in [0.5, 0.6) is 0 Å². The van der Waals surface area contributed by atoms with Crippen molar-refractivity contribution in [2.75, 3.05) is 0 Å². The summed E-state index contributed by atoms with van der Waals surface area (Å²) in [5.74, 6) is -0.456. The van der Waals surface area contributed by atoms with E-state index in [1.54, 1.807) is 45.0 Å². The standard InChI is InChI=1S/C17H22ClNO4/c1-16(2,3)23-15(22)19-17(10-6-9-13(20)14(17)21)11-7-4-5-8-12(11)18/h4-5,7-8,13,20H,6,9-10H2,1-3H3,(H,19,22)/t13-,17+/m1/s1. The Kier molecular flexibility index (Phi) is 5.01. The van der Waals surface area contributed by atoms with Crippen molar-refractivity contribution in [1.82, 2.24) is 5.32 Å². The van der Waals surface area contributed by atoms with Crippen LogP contribution in [0.25, 0.3) is 0 Å². The number of alkyl carbamates (subject to hydrolysis) is 1. The van der Waals surface area contributed by atoms with Gasteiger partial charge in [-0.2, -0.15) is 0 Å². The highest BCUT2D eigenvalue weighted by atomic mass is 35.5. The molecular weight excluding hydrogens is 318 g/mol. The van der Waals surface area contributed by atoms with Gasteiger partial charge in [0.25, 0.3) is 0 Å². The Labute approximate surface area is 141 Å². The van der Waals surface area contributed by atoms with E-state index >= 15 is 0 Å². The van der Waals surface area contributed by atoms with Gasteiger partial charge in [0.05, 0.1) is 0 Å². The number of halogens is 1. The molecule has 2 rings (SSSR count). The molecule has 1 aromatic carbocycles. The summed E-state index contributed by atoms with van der Waals surface area (Å²) in [5, 5.41) is 13.1. The lowest BCUT2D eigenvalue weighted by atomic mass is 9.74. The second kappa shape index (κ2) is 6.49. The number of Topliss-reactive ketones (excluding diaryl/α,β-unsaturated/α-hetero) is 1. The maximum atomic E-state index is 12.7. The highest BCUT2D eigenvalue weighted by Gasteiger charge is 2.48. The lowest BCUT2D eigenvalue weighted by molar-refractivity contribution is -0.137. The number of benzene rings is 1. The predicted molar refractivity (Wildman–Crippen MR) is 87.4 cm³/mol. The van der Waals surface area contributed by atoms with Crippen LogP contribution in [0.15, 0.2) is 24.3 Å². The van der Waals surface area contributed by atoms with Gasteiger partial charge in [-0.05, 0) is 46.1 Å². The normalized spacial score (nSPS) is 25.1. The molecule has 0 spiro atoms. The molecule has 1 saturated carbocycles. The molecule has 1 aliphatic carbocycles. The molecule has 23 heavy (non-hydrogen) atoms. The van der Waals surface area contributed by atoms with Gasteiger partial charge >= 0.3 is 6.09 Å². The van der Waals surface area contributed by atoms with Crippen LogP contribution in [0.1, 0.15) is 45.6 Å². The van der Waals surface area contributed by atoms with Crippen molar-refractivity contribution in [1.29, 1.82) is 0 Å². The molecule has 1 aliphatic rings. The van der Waals surface area contributed by atoms with Gasteiger partial charge in [0.1, 0.15) is 17.2 Å². The average molecular weight is 340 g/mol. The Morgan fingerprint density at radius 3 is 2.65 bits per heavy atom. The highest BCUT2D eigenvalue weighted by molar-refractivity contribution is 6.31. The summed E-state index contributed by atoms with van der Waals surface area (Å²) >= 11 is 6.25. The fourth-order valence-electron chi connectivity index (χ4n) is 2.84. The third-order valence-electron chi connectivity index (χ3n) is 3.80. The summed E-state index contributed by atoms with van der Waals surface area (Å²) in [6.07, 6.45) is -0.504. The van der Waals surface area contributed by atoms with Crippen molar-refractivity contribution in [3.05, 3.63) is 34.9 Å². The third-order valence-corrected chi connectivity index (χ3v) is 4.13. The molecule has 0 heterocycles. The Bertz CT molecular complexity index is 611. The van der Waals surface area contributed by atoms with Crippen LogP contribution in [0.4, 0.5) is 4.79 Å². The van der Waals surface area contributed by atoms with Gasteiger partial charge in [-0.3, -0.25) is 4.79 Å². The molecule has 0 radical (unpaired) electrons. The van der Waals surface area contributed by atoms with Gasteiger partial charge in [-0.15, -0.1) is 0 Å². The van der Waals surface area contributed by atoms with Crippen LogP contribution in [0.2, 0.25) is 5.02 Å². The van der Waals surface area contributed by atoms with Crippen LogP contribution < -0.4 is 5.32 Å². The van der Waals surface area contributed by atoms with Crippen molar-refractivity contribution in [3.63, 3.8) is 0 Å². The first-order valence-electron chi connectivity index (χ1n) is 7.64. The molecule has 1 amide bonds. The monoisotopic (exact) mass is 339 g/mol. The van der Waals surface area contributed by atoms with Gasteiger partial charge in [0, 0.05) is 10.6 Å². The van der Waals surface area contributed by atoms with Gasteiger partial charge in [0.15, 0.2) is 5.78 Å². The Morgan fingerprint density at radius 1 is 1.39 bits per heavy atom. The Hall–Kier alpha value is -1.59. The molecule has 2 atom stereocenters. The van der Waals surface area contributed by atoms with Crippen molar-refractivity contribution in [2.24, 2.45) is 0 Å². The molecule has 1 fully saturated rings. The molecule has 0 aromatic heterocycles. The number of hydrogen-bond donors (Lipinski definition) is 2. The van der Waals surface area contributed by atoms with E-state index in [0.717, 1.165) is 0 Å². The number of ether oxygens (including phenoxy) is 1. The fourth-order valence-corrected chi connectivity index (χ4v) is 3.14. The first kappa shape index (κ1) is 17.8. The molecular formula is C17H22ClNO4. The SMILES string of the molecule is CC(C)(C)OC(=O)N[C@]1(c2ccccc2Cl)CCC[C@@H](O)C1=O. The largest absolute Gasteiger partial charge is 0.444 e. The number of rotatable bonds is 2. The van der Waals surface area contributed by atoms with E-state index in [4.69, 9.17) is 16.3 Å². The van der Waals surface area contributed by atoms with Gasteiger partial charge in [-0.25, -0.2) is 4.79 Å². The Balaban J connectivity index is 2.42. The number of carbonyl (C=O) groups is 2. The van der Waals surface area contributed by atoms with Crippen molar-refractivity contribution in [3.8, 4) is 0 Å². The molecule has 5 nitrogen and oxygen atoms in total. The zero-order valence-electron chi connectivity index (χ0n) is 13.6. The van der Waals surface area contributed by atoms with Gasteiger partial charge < -0.3 is 15.2 Å². The zero-order valence-corrected chi connectivity index (χ0v) is 14.3. The minimum atomic E-state index is -1.36. The molecule has 1 aromatic rings. The first-order chi connectivity index (χ1) is 10.7. The smallest absolute Gasteiger partial charge is 0.408 e. The quantitative estimate of drug-likeness (QED) is 0.867. The topological polar surface area (TPSA) is 75.6 Å². The molecule has 0 unspecified atom stereocenters. The summed E-state index contributed by atoms with van der Waals surface area (Å²) in [6, 6.07) is 6.84. The Morgan fingerprint density at radius 2 is 2.04 bits per heavy atom. The molecule has 6 heteroatoms. The predicted octanol–water partition coefficient (Wildman–Crippen LogP) is 3.17. The molecule has 126 valence electrons. The van der Waals surface area contributed by atoms with Crippen molar-refractivity contribution >= 4 is 23.5 Å². The first-order valence-corrected chi connectivity index (χ1v) is 8.02. The number of hydrogen-bond acceptors (Lipinski definition) is 4. The van der Waals surface area contributed by atoms with E-state index in [0.29, 0.717) is 29.8 Å². The average Bonchev–Trinajstić information content (AvgIpc) is 2.42. The van der Waals surface area contributed by atoms with Crippen LogP contribution >= 0.6 is 11.6 Å². The number of ketones is 1. The van der Waals surface area contributed by atoms with Crippen molar-refractivity contribution < 1.29 is 19.4 Å². The fraction of sp³-hybridized carbons (Fsp3) is 0.529. The van der Waals surface area contributed by atoms with E-state index in [9.17, 15) is 14.7 Å². The van der Waals surface area contributed by atoms with Crippen LogP contribution in [0, 0.1) is 0 Å². The molecule has 2 N–H and O–H groups in total. The summed E-state index contributed by atoms with van der Waals surface area (Å²) in [4.78, 5) is 25.0. The summed E-state index contributed by atoms with van der Waals surface area (Å²) < 4.78 is 5.28. The van der Waals surface area contributed by atoms with Gasteiger partial charge in [-0.1, -0.05) is 29.8 Å². The van der Waals surface area contributed by atoms with Crippen LogP contribution in [-0.2, 0) is 15.1 Å². The number of amides is 1. The maximum Gasteiger partial charge on any atom is 0.408 e. The van der Waals surface area contributed by atoms with E-state index in [2.05, 4.69) is 5.32 Å². The second-order valence-electron chi connectivity index (χ2n) is 6.78. The third kappa shape index (κ3) is 3.85. The van der Waals surface area contributed by atoms with E-state index < -0.39 is 29.1 Å². The van der Waals surface area contributed by atoms with Crippen molar-refractivity contribution in [2.45, 2.75) is 57.3 Å². The summed E-state index contributed by atoms with van der Waals surface area (Å²) in [5.41, 5.74) is -1.57. The van der Waals surface area contributed by atoms with Gasteiger partial charge in [0.2, 0.25) is 0 Å². The molecule has 0 aliphatic heterocycles. The van der Waals surface area contributed by atoms with E-state index in [1.807, 2.05) is 0 Å². The summed E-state index contributed by atoms with van der Waals surface area (Å²) in [7, 11) is 0. The highest BCUT2D eigenvalue weighted by Crippen LogP contribution is 2.38. The lowest BCUT2D eigenvalue weighted by Crippen LogP contribution is -2.58. The number of nitrogens with one attached hydrogen (secondary N) is 1. The maximum absolute atomic E-state index is 12.7. The van der Waals surface area contributed by atoms with E-state index in [1.165, 1.54) is 0 Å². The summed E-state index contributed by atoms with van der Waals surface area (Å²) in [6.45, 7) is 5.23. The molecule has 0 saturated heterocycles. The number of aliphatic hydroxyl groups is 1. The second-order valence-corrected chi connectivity index (χ2v) is 7.19. The number of carbonyl (C=O) groups excluding carboxylic acids is 2.